The average Bonchev–Trinajstić information content (AvgIpc) is 3.79. The van der Waals surface area contributed by atoms with E-state index in [1.165, 1.54) is 33.4 Å². The second-order valence-corrected chi connectivity index (χ2v) is 15.7. The second-order valence-electron chi connectivity index (χ2n) is 15.7. The van der Waals surface area contributed by atoms with Gasteiger partial charge < -0.3 is 4.42 Å². The minimum atomic E-state index is -0.0586. The van der Waals surface area contributed by atoms with Gasteiger partial charge in [0.2, 0.25) is 0 Å². The molecule has 1 aliphatic rings. The summed E-state index contributed by atoms with van der Waals surface area (Å²) in [5.41, 5.74) is 18.4. The van der Waals surface area contributed by atoms with Crippen molar-refractivity contribution in [2.75, 3.05) is 0 Å². The number of aromatic nitrogens is 2. The first kappa shape index (κ1) is 33.9. The number of benzene rings is 8. The van der Waals surface area contributed by atoms with Gasteiger partial charge in [-0.15, -0.1) is 0 Å². The molecule has 274 valence electrons. The number of furan rings is 1. The molecule has 0 unspecified atom stereocenters. The summed E-state index contributed by atoms with van der Waals surface area (Å²) >= 11 is 0. The van der Waals surface area contributed by atoms with E-state index in [2.05, 4.69) is 184 Å². The van der Waals surface area contributed by atoms with E-state index in [-0.39, 0.29) is 5.41 Å². The summed E-state index contributed by atoms with van der Waals surface area (Å²) in [5.74, 6) is 0.662. The van der Waals surface area contributed by atoms with Crippen LogP contribution in [0.3, 0.4) is 0 Å². The van der Waals surface area contributed by atoms with Gasteiger partial charge in [-0.1, -0.05) is 178 Å². The molecule has 0 bridgehead atoms. The molecular formula is C55H38N2O. The highest BCUT2D eigenvalue weighted by atomic mass is 16.3. The monoisotopic (exact) mass is 742 g/mol. The van der Waals surface area contributed by atoms with E-state index in [1.807, 2.05) is 24.3 Å². The van der Waals surface area contributed by atoms with Crippen LogP contribution in [0.25, 0.3) is 100 Å². The molecule has 3 heteroatoms. The molecule has 2 aromatic heterocycles. The Bertz CT molecular complexity index is 3180. The fourth-order valence-corrected chi connectivity index (χ4v) is 9.04. The zero-order valence-corrected chi connectivity index (χ0v) is 32.3. The largest absolute Gasteiger partial charge is 0.455 e. The number of hydrogen-bond donors (Lipinski definition) is 0. The summed E-state index contributed by atoms with van der Waals surface area (Å²) in [7, 11) is 0. The van der Waals surface area contributed by atoms with Gasteiger partial charge in [0, 0.05) is 32.9 Å². The molecule has 0 radical (unpaired) electrons. The van der Waals surface area contributed by atoms with Gasteiger partial charge in [0.25, 0.3) is 0 Å². The Morgan fingerprint density at radius 2 is 0.948 bits per heavy atom. The molecule has 0 atom stereocenters. The Morgan fingerprint density at radius 1 is 0.379 bits per heavy atom. The molecule has 11 rings (SSSR count). The maximum atomic E-state index is 6.85. The van der Waals surface area contributed by atoms with E-state index < -0.39 is 0 Å². The molecule has 1 aliphatic carbocycles. The zero-order valence-electron chi connectivity index (χ0n) is 32.3. The Hall–Kier alpha value is -7.36. The number of rotatable bonds is 6. The summed E-state index contributed by atoms with van der Waals surface area (Å²) in [6.45, 7) is 4.65. The average molecular weight is 743 g/mol. The molecule has 0 spiro atoms. The lowest BCUT2D eigenvalue weighted by molar-refractivity contribution is 0.660. The van der Waals surface area contributed by atoms with Gasteiger partial charge in [0.05, 0.1) is 11.4 Å². The van der Waals surface area contributed by atoms with E-state index in [9.17, 15) is 0 Å². The predicted molar refractivity (Wildman–Crippen MR) is 239 cm³/mol. The smallest absolute Gasteiger partial charge is 0.160 e. The summed E-state index contributed by atoms with van der Waals surface area (Å²) in [6, 6.07) is 68.8. The molecule has 58 heavy (non-hydrogen) atoms. The molecule has 0 aliphatic heterocycles. The van der Waals surface area contributed by atoms with Crippen LogP contribution in [-0.4, -0.2) is 9.97 Å². The molecule has 3 nitrogen and oxygen atoms in total. The maximum Gasteiger partial charge on any atom is 0.160 e. The van der Waals surface area contributed by atoms with E-state index in [4.69, 9.17) is 14.4 Å². The summed E-state index contributed by atoms with van der Waals surface area (Å²) in [4.78, 5) is 10.5. The van der Waals surface area contributed by atoms with Gasteiger partial charge in [-0.2, -0.15) is 0 Å². The van der Waals surface area contributed by atoms with Crippen LogP contribution in [-0.2, 0) is 5.41 Å². The molecule has 8 aromatic carbocycles. The number of fused-ring (bicyclic) bond motifs is 6. The van der Waals surface area contributed by atoms with Crippen LogP contribution < -0.4 is 0 Å². The first-order chi connectivity index (χ1) is 28.5. The zero-order chi connectivity index (χ0) is 38.8. The predicted octanol–water partition coefficient (Wildman–Crippen LogP) is 14.7. The van der Waals surface area contributed by atoms with Crippen molar-refractivity contribution in [3.05, 3.63) is 205 Å². The summed E-state index contributed by atoms with van der Waals surface area (Å²) in [6.07, 6.45) is 0. The lowest BCUT2D eigenvalue weighted by Crippen LogP contribution is -2.14. The lowest BCUT2D eigenvalue weighted by atomic mass is 9.82. The Kier molecular flexibility index (Phi) is 7.84. The van der Waals surface area contributed by atoms with E-state index >= 15 is 0 Å². The van der Waals surface area contributed by atoms with Crippen molar-refractivity contribution in [1.82, 2.24) is 9.97 Å². The van der Waals surface area contributed by atoms with Gasteiger partial charge in [-0.25, -0.2) is 9.97 Å². The first-order valence-electron chi connectivity index (χ1n) is 19.9. The van der Waals surface area contributed by atoms with Gasteiger partial charge in [0.1, 0.15) is 11.2 Å². The fraction of sp³-hybridized carbons (Fsp3) is 0.0545. The summed E-state index contributed by atoms with van der Waals surface area (Å²) in [5, 5.41) is 2.16. The Labute approximate surface area is 338 Å². The minimum absolute atomic E-state index is 0.0586. The van der Waals surface area contributed by atoms with Crippen LogP contribution in [0.2, 0.25) is 0 Å². The molecule has 0 amide bonds. The molecule has 0 saturated carbocycles. The highest BCUT2D eigenvalue weighted by molar-refractivity contribution is 6.16. The van der Waals surface area contributed by atoms with Gasteiger partial charge in [-0.05, 0) is 86.0 Å². The van der Waals surface area contributed by atoms with Crippen molar-refractivity contribution in [1.29, 1.82) is 0 Å². The maximum absolute atomic E-state index is 6.85. The van der Waals surface area contributed by atoms with Crippen molar-refractivity contribution in [3.8, 4) is 78.4 Å². The van der Waals surface area contributed by atoms with Crippen LogP contribution in [0.1, 0.15) is 25.0 Å². The molecule has 2 heterocycles. The van der Waals surface area contributed by atoms with Crippen LogP contribution in [0.4, 0.5) is 0 Å². The second kappa shape index (κ2) is 13.4. The van der Waals surface area contributed by atoms with Crippen molar-refractivity contribution >= 4 is 21.9 Å². The van der Waals surface area contributed by atoms with Crippen molar-refractivity contribution < 1.29 is 4.42 Å². The number of hydrogen-bond acceptors (Lipinski definition) is 3. The third-order valence-corrected chi connectivity index (χ3v) is 11.9. The molecule has 0 fully saturated rings. The van der Waals surface area contributed by atoms with Crippen molar-refractivity contribution in [2.24, 2.45) is 0 Å². The third kappa shape index (κ3) is 5.50. The minimum Gasteiger partial charge on any atom is -0.455 e. The van der Waals surface area contributed by atoms with Crippen molar-refractivity contribution in [2.45, 2.75) is 19.3 Å². The van der Waals surface area contributed by atoms with Crippen molar-refractivity contribution in [3.63, 3.8) is 0 Å². The van der Waals surface area contributed by atoms with Crippen LogP contribution in [0.5, 0.6) is 0 Å². The van der Waals surface area contributed by atoms with Crippen LogP contribution >= 0.6 is 0 Å². The molecule has 10 aromatic rings. The molecule has 0 saturated heterocycles. The van der Waals surface area contributed by atoms with Gasteiger partial charge in [0.15, 0.2) is 5.82 Å². The molecule has 0 N–H and O–H groups in total. The van der Waals surface area contributed by atoms with Crippen LogP contribution in [0.15, 0.2) is 199 Å². The van der Waals surface area contributed by atoms with Crippen LogP contribution in [0, 0.1) is 0 Å². The molecular weight excluding hydrogens is 705 g/mol. The SMILES string of the molecule is CC1(C)c2ccccc2-c2cc(-c3ccc(-c4cc(-c5ccc(-c6ccccc6)c(-c6ccccc6)c5)nc(-c5ccccc5)n4)c4oc5ccccc5c34)ccc21. The Morgan fingerprint density at radius 3 is 1.72 bits per heavy atom. The topological polar surface area (TPSA) is 38.9 Å². The fourth-order valence-electron chi connectivity index (χ4n) is 9.04. The first-order valence-corrected chi connectivity index (χ1v) is 19.9. The summed E-state index contributed by atoms with van der Waals surface area (Å²) < 4.78 is 6.85. The Balaban J connectivity index is 1.12. The van der Waals surface area contributed by atoms with Gasteiger partial charge >= 0.3 is 0 Å². The number of para-hydroxylation sites is 1. The normalized spacial score (nSPS) is 12.8. The standard InChI is InChI=1S/C55H38N2O/c1-55(2)47-24-14-12-22-42(47)46-32-38(27-31-48(46)55)41-29-30-43(53-52(41)44-23-13-15-25-51(44)58-53)50-34-49(56-54(57-50)37-20-10-5-11-21-37)39-26-28-40(35-16-6-3-7-17-35)45(33-39)36-18-8-4-9-19-36/h3-34H,1-2H3. The van der Waals surface area contributed by atoms with E-state index in [0.29, 0.717) is 5.82 Å². The number of nitrogens with zero attached hydrogens (tertiary/aromatic N) is 2. The quantitative estimate of drug-likeness (QED) is 0.170. The third-order valence-electron chi connectivity index (χ3n) is 11.9. The van der Waals surface area contributed by atoms with E-state index in [0.717, 1.165) is 72.3 Å². The highest BCUT2D eigenvalue weighted by Gasteiger charge is 2.35. The lowest BCUT2D eigenvalue weighted by Gasteiger charge is -2.21. The highest BCUT2D eigenvalue weighted by Crippen LogP contribution is 2.51. The van der Waals surface area contributed by atoms with E-state index in [1.54, 1.807) is 0 Å². The van der Waals surface area contributed by atoms with Gasteiger partial charge in [-0.3, -0.25) is 0 Å².